The molecule has 1 atom stereocenters. The van der Waals surface area contributed by atoms with Crippen molar-refractivity contribution in [2.75, 3.05) is 19.4 Å². The number of benzene rings is 2. The molecule has 0 saturated carbocycles. The maximum absolute atomic E-state index is 12.3. The van der Waals surface area contributed by atoms with Crippen LogP contribution in [0.4, 0.5) is 0 Å². The summed E-state index contributed by atoms with van der Waals surface area (Å²) in [6, 6.07) is 15.4. The first-order valence-electron chi connectivity index (χ1n) is 8.79. The third-order valence-corrected chi connectivity index (χ3v) is 6.26. The molecule has 0 fully saturated rings. The molecule has 6 heteroatoms. The highest BCUT2D eigenvalue weighted by Gasteiger charge is 2.33. The van der Waals surface area contributed by atoms with Crippen molar-refractivity contribution < 1.29 is 18.3 Å². The number of ether oxygens (including phenoxy) is 1. The highest BCUT2D eigenvalue weighted by molar-refractivity contribution is 7.89. The van der Waals surface area contributed by atoms with Crippen LogP contribution in [0.25, 0.3) is 0 Å². The van der Waals surface area contributed by atoms with Crippen LogP contribution < -0.4 is 9.46 Å². The van der Waals surface area contributed by atoms with E-state index in [1.165, 1.54) is 5.56 Å². The lowest BCUT2D eigenvalue weighted by molar-refractivity contribution is 0.0317. The van der Waals surface area contributed by atoms with Gasteiger partial charge in [-0.15, -0.1) is 0 Å². The molecule has 1 aliphatic carbocycles. The van der Waals surface area contributed by atoms with E-state index in [-0.39, 0.29) is 12.3 Å². The molecule has 2 aromatic rings. The van der Waals surface area contributed by atoms with Gasteiger partial charge in [0.15, 0.2) is 0 Å². The number of fused-ring (bicyclic) bond motifs is 1. The van der Waals surface area contributed by atoms with Crippen molar-refractivity contribution in [1.82, 2.24) is 4.72 Å². The number of sulfonamides is 1. The predicted octanol–water partition coefficient (Wildman–Crippen LogP) is 2.08. The number of aryl methyl sites for hydroxylation is 2. The Hall–Kier alpha value is -1.89. The molecule has 0 radical (unpaired) electrons. The highest BCUT2D eigenvalue weighted by atomic mass is 32.2. The Morgan fingerprint density at radius 2 is 1.81 bits per heavy atom. The Balaban J connectivity index is 1.54. The minimum atomic E-state index is -3.45. The van der Waals surface area contributed by atoms with Crippen molar-refractivity contribution >= 4 is 10.0 Å². The van der Waals surface area contributed by atoms with Crippen LogP contribution in [-0.4, -0.2) is 38.5 Å². The third-order valence-electron chi connectivity index (χ3n) is 4.94. The normalized spacial score (nSPS) is 19.8. The Morgan fingerprint density at radius 3 is 2.50 bits per heavy atom. The summed E-state index contributed by atoms with van der Waals surface area (Å²) in [5, 5.41) is 10.8. The quantitative estimate of drug-likeness (QED) is 0.777. The van der Waals surface area contributed by atoms with Crippen LogP contribution in [0.2, 0.25) is 0 Å². The largest absolute Gasteiger partial charge is 0.497 e. The standard InChI is InChI=1S/C20H25NO4S/c1-25-19-8-6-16(7-9-19)11-13-26(23,24)21-15-20(22)12-10-17-4-2-3-5-18(17)14-20/h2-9,21-22H,10-15H2,1H3/t20-/m0/s1. The first kappa shape index (κ1) is 18.9. The topological polar surface area (TPSA) is 75.6 Å². The number of nitrogens with one attached hydrogen (secondary N) is 1. The molecule has 0 amide bonds. The second-order valence-corrected chi connectivity index (χ2v) is 8.83. The fourth-order valence-corrected chi connectivity index (χ4v) is 4.43. The van der Waals surface area contributed by atoms with Gasteiger partial charge in [-0.2, -0.15) is 0 Å². The SMILES string of the molecule is COc1ccc(CCS(=O)(=O)NC[C@]2(O)CCc3ccccc3C2)cc1. The summed E-state index contributed by atoms with van der Waals surface area (Å²) in [5.41, 5.74) is 2.24. The Bertz CT molecular complexity index is 848. The fraction of sp³-hybridized carbons (Fsp3) is 0.400. The first-order valence-corrected chi connectivity index (χ1v) is 10.4. The zero-order valence-electron chi connectivity index (χ0n) is 14.9. The molecule has 1 aliphatic rings. The molecular formula is C20H25NO4S. The van der Waals surface area contributed by atoms with Gasteiger partial charge in [-0.1, -0.05) is 36.4 Å². The smallest absolute Gasteiger partial charge is 0.212 e. The molecule has 3 rings (SSSR count). The number of methoxy groups -OCH3 is 1. The molecule has 0 spiro atoms. The van der Waals surface area contributed by atoms with E-state index in [4.69, 9.17) is 4.74 Å². The summed E-state index contributed by atoms with van der Waals surface area (Å²) in [5.74, 6) is 0.737. The molecule has 0 heterocycles. The van der Waals surface area contributed by atoms with E-state index in [2.05, 4.69) is 10.8 Å². The van der Waals surface area contributed by atoms with Crippen LogP contribution in [0.1, 0.15) is 23.1 Å². The van der Waals surface area contributed by atoms with E-state index in [1.54, 1.807) is 7.11 Å². The van der Waals surface area contributed by atoms with Crippen molar-refractivity contribution in [2.45, 2.75) is 31.3 Å². The van der Waals surface area contributed by atoms with Gasteiger partial charge in [-0.25, -0.2) is 13.1 Å². The molecule has 0 aromatic heterocycles. The summed E-state index contributed by atoms with van der Waals surface area (Å²) in [6.45, 7) is 0.0479. The van der Waals surface area contributed by atoms with E-state index in [9.17, 15) is 13.5 Å². The molecule has 2 N–H and O–H groups in total. The molecule has 140 valence electrons. The van der Waals surface area contributed by atoms with Gasteiger partial charge in [0.2, 0.25) is 10.0 Å². The second kappa shape index (κ2) is 7.78. The third kappa shape index (κ3) is 4.84. The molecule has 26 heavy (non-hydrogen) atoms. The zero-order valence-corrected chi connectivity index (χ0v) is 15.8. The van der Waals surface area contributed by atoms with Gasteiger partial charge in [0.05, 0.1) is 18.5 Å². The van der Waals surface area contributed by atoms with Gasteiger partial charge in [0.1, 0.15) is 5.75 Å². The van der Waals surface area contributed by atoms with Gasteiger partial charge in [-0.05, 0) is 48.1 Å². The monoisotopic (exact) mass is 375 g/mol. The van der Waals surface area contributed by atoms with E-state index in [0.717, 1.165) is 23.3 Å². The van der Waals surface area contributed by atoms with Gasteiger partial charge in [0, 0.05) is 13.0 Å². The lowest BCUT2D eigenvalue weighted by atomic mass is 9.80. The van der Waals surface area contributed by atoms with Crippen LogP contribution in [0, 0.1) is 0 Å². The van der Waals surface area contributed by atoms with Crippen molar-refractivity contribution in [3.05, 3.63) is 65.2 Å². The minimum Gasteiger partial charge on any atom is -0.497 e. The van der Waals surface area contributed by atoms with Crippen molar-refractivity contribution in [2.24, 2.45) is 0 Å². The molecule has 0 bridgehead atoms. The van der Waals surface area contributed by atoms with Crippen LogP contribution in [0.15, 0.2) is 48.5 Å². The van der Waals surface area contributed by atoms with Gasteiger partial charge < -0.3 is 9.84 Å². The Kier molecular flexibility index (Phi) is 5.65. The number of aliphatic hydroxyl groups is 1. The van der Waals surface area contributed by atoms with E-state index in [0.29, 0.717) is 19.3 Å². The Labute approximate surface area is 155 Å². The molecule has 2 aromatic carbocycles. The van der Waals surface area contributed by atoms with Crippen LogP contribution in [0.3, 0.4) is 0 Å². The maximum Gasteiger partial charge on any atom is 0.212 e. The van der Waals surface area contributed by atoms with Crippen LogP contribution in [-0.2, 0) is 29.3 Å². The fourth-order valence-electron chi connectivity index (χ4n) is 3.30. The van der Waals surface area contributed by atoms with Gasteiger partial charge in [0.25, 0.3) is 0 Å². The first-order chi connectivity index (χ1) is 12.4. The Morgan fingerprint density at radius 1 is 1.12 bits per heavy atom. The van der Waals surface area contributed by atoms with E-state index < -0.39 is 15.6 Å². The van der Waals surface area contributed by atoms with Crippen molar-refractivity contribution in [1.29, 1.82) is 0 Å². The van der Waals surface area contributed by atoms with Crippen LogP contribution >= 0.6 is 0 Å². The molecular weight excluding hydrogens is 350 g/mol. The highest BCUT2D eigenvalue weighted by Crippen LogP contribution is 2.28. The predicted molar refractivity (Wildman–Crippen MR) is 102 cm³/mol. The van der Waals surface area contributed by atoms with Crippen molar-refractivity contribution in [3.8, 4) is 5.75 Å². The average Bonchev–Trinajstić information content (AvgIpc) is 2.65. The molecule has 5 nitrogen and oxygen atoms in total. The average molecular weight is 375 g/mol. The van der Waals surface area contributed by atoms with E-state index in [1.807, 2.05) is 42.5 Å². The number of rotatable bonds is 7. The lowest BCUT2D eigenvalue weighted by Gasteiger charge is -2.33. The second-order valence-electron chi connectivity index (χ2n) is 6.91. The number of hydrogen-bond donors (Lipinski definition) is 2. The van der Waals surface area contributed by atoms with E-state index >= 15 is 0 Å². The molecule has 0 saturated heterocycles. The molecule has 0 unspecified atom stereocenters. The molecule has 0 aliphatic heterocycles. The summed E-state index contributed by atoms with van der Waals surface area (Å²) in [7, 11) is -1.86. The number of hydrogen-bond acceptors (Lipinski definition) is 4. The lowest BCUT2D eigenvalue weighted by Crippen LogP contribution is -2.47. The minimum absolute atomic E-state index is 0.00794. The van der Waals surface area contributed by atoms with Crippen molar-refractivity contribution in [3.63, 3.8) is 0 Å². The summed E-state index contributed by atoms with van der Waals surface area (Å²) in [4.78, 5) is 0. The zero-order chi connectivity index (χ0) is 18.6. The summed E-state index contributed by atoms with van der Waals surface area (Å²) < 4.78 is 32.3. The van der Waals surface area contributed by atoms with Gasteiger partial charge in [-0.3, -0.25) is 0 Å². The summed E-state index contributed by atoms with van der Waals surface area (Å²) in [6.07, 6.45) is 2.22. The van der Waals surface area contributed by atoms with Gasteiger partial charge >= 0.3 is 0 Å². The maximum atomic E-state index is 12.3. The van der Waals surface area contributed by atoms with Crippen LogP contribution in [0.5, 0.6) is 5.75 Å². The summed E-state index contributed by atoms with van der Waals surface area (Å²) >= 11 is 0.